The second kappa shape index (κ2) is 8.72. The molecule has 0 radical (unpaired) electrons. The molecule has 1 saturated carbocycles. The maximum Gasteiger partial charge on any atom is 0.387 e. The van der Waals surface area contributed by atoms with Crippen molar-refractivity contribution in [3.8, 4) is 16.9 Å². The van der Waals surface area contributed by atoms with Gasteiger partial charge in [0.2, 0.25) is 0 Å². The van der Waals surface area contributed by atoms with Gasteiger partial charge in [0.1, 0.15) is 5.75 Å². The van der Waals surface area contributed by atoms with Crippen molar-refractivity contribution in [2.24, 2.45) is 5.92 Å². The highest BCUT2D eigenvalue weighted by Gasteiger charge is 2.43. The summed E-state index contributed by atoms with van der Waals surface area (Å²) in [5.41, 5.74) is 1.81. The standard InChI is InChI=1S/C23H26F2O3/c1-2-3-16-12-14-23(15-13-16,21(26)27)19-8-4-17(5-9-19)18-6-10-20(11-7-18)28-22(24)25/h4-11,16,22H,2-3,12-15H2,1H3,(H,26,27). The van der Waals surface area contributed by atoms with Crippen molar-refractivity contribution >= 4 is 5.97 Å². The van der Waals surface area contributed by atoms with E-state index in [4.69, 9.17) is 0 Å². The van der Waals surface area contributed by atoms with Gasteiger partial charge in [0, 0.05) is 0 Å². The monoisotopic (exact) mass is 388 g/mol. The fourth-order valence-corrected chi connectivity index (χ4v) is 4.30. The molecule has 1 aliphatic rings. The van der Waals surface area contributed by atoms with Crippen molar-refractivity contribution in [3.63, 3.8) is 0 Å². The van der Waals surface area contributed by atoms with Crippen LogP contribution in [-0.4, -0.2) is 17.7 Å². The van der Waals surface area contributed by atoms with Crippen LogP contribution in [0.4, 0.5) is 8.78 Å². The Hall–Kier alpha value is -2.43. The summed E-state index contributed by atoms with van der Waals surface area (Å²) in [7, 11) is 0. The lowest BCUT2D eigenvalue weighted by Gasteiger charge is -2.37. The molecule has 2 aromatic carbocycles. The number of carboxylic acid groups (broad SMARTS) is 1. The predicted octanol–water partition coefficient (Wildman–Crippen LogP) is 6.27. The van der Waals surface area contributed by atoms with Crippen molar-refractivity contribution < 1.29 is 23.4 Å². The lowest BCUT2D eigenvalue weighted by Crippen LogP contribution is -2.39. The van der Waals surface area contributed by atoms with Crippen LogP contribution in [0.25, 0.3) is 11.1 Å². The average molecular weight is 388 g/mol. The Kier molecular flexibility index (Phi) is 6.32. The van der Waals surface area contributed by atoms with Crippen molar-refractivity contribution in [2.75, 3.05) is 0 Å². The maximum absolute atomic E-state index is 12.3. The van der Waals surface area contributed by atoms with E-state index in [0.717, 1.165) is 36.0 Å². The first-order chi connectivity index (χ1) is 13.4. The molecule has 28 heavy (non-hydrogen) atoms. The van der Waals surface area contributed by atoms with Gasteiger partial charge in [0.25, 0.3) is 0 Å². The first kappa shape index (κ1) is 20.3. The van der Waals surface area contributed by atoms with E-state index in [1.165, 1.54) is 18.6 Å². The molecule has 5 heteroatoms. The number of benzene rings is 2. The van der Waals surface area contributed by atoms with Crippen molar-refractivity contribution in [1.29, 1.82) is 0 Å². The Morgan fingerprint density at radius 2 is 1.61 bits per heavy atom. The number of carboxylic acids is 1. The van der Waals surface area contributed by atoms with E-state index < -0.39 is 18.0 Å². The van der Waals surface area contributed by atoms with Gasteiger partial charge in [0.15, 0.2) is 0 Å². The Morgan fingerprint density at radius 3 is 2.07 bits per heavy atom. The predicted molar refractivity (Wildman–Crippen MR) is 105 cm³/mol. The van der Waals surface area contributed by atoms with E-state index >= 15 is 0 Å². The summed E-state index contributed by atoms with van der Waals surface area (Å²) in [4.78, 5) is 12.1. The van der Waals surface area contributed by atoms with Crippen LogP contribution in [0.15, 0.2) is 48.5 Å². The molecular weight excluding hydrogens is 362 g/mol. The minimum atomic E-state index is -2.84. The molecule has 1 N–H and O–H groups in total. The van der Waals surface area contributed by atoms with E-state index in [1.54, 1.807) is 12.1 Å². The summed E-state index contributed by atoms with van der Waals surface area (Å²) in [6.45, 7) is -0.672. The van der Waals surface area contributed by atoms with Gasteiger partial charge in [-0.1, -0.05) is 56.2 Å². The Morgan fingerprint density at radius 1 is 1.07 bits per heavy atom. The second-order valence-electron chi connectivity index (χ2n) is 7.60. The summed E-state index contributed by atoms with van der Waals surface area (Å²) in [6, 6.07) is 14.0. The average Bonchev–Trinajstić information content (AvgIpc) is 2.69. The third kappa shape index (κ3) is 4.34. The quantitative estimate of drug-likeness (QED) is 0.608. The van der Waals surface area contributed by atoms with Crippen LogP contribution in [-0.2, 0) is 10.2 Å². The molecule has 0 bridgehead atoms. The number of hydrogen-bond donors (Lipinski definition) is 1. The van der Waals surface area contributed by atoms with Crippen LogP contribution in [0.1, 0.15) is 51.0 Å². The topological polar surface area (TPSA) is 46.5 Å². The summed E-state index contributed by atoms with van der Waals surface area (Å²) in [5, 5.41) is 9.97. The third-order valence-corrected chi connectivity index (χ3v) is 5.92. The van der Waals surface area contributed by atoms with Gasteiger partial charge in [-0.3, -0.25) is 4.79 Å². The number of rotatable bonds is 7. The van der Waals surface area contributed by atoms with Crippen molar-refractivity contribution in [1.82, 2.24) is 0 Å². The molecule has 0 aromatic heterocycles. The second-order valence-corrected chi connectivity index (χ2v) is 7.60. The van der Waals surface area contributed by atoms with Crippen LogP contribution in [0.2, 0.25) is 0 Å². The molecule has 3 rings (SSSR count). The van der Waals surface area contributed by atoms with Gasteiger partial charge in [-0.25, -0.2) is 0 Å². The molecule has 0 unspecified atom stereocenters. The third-order valence-electron chi connectivity index (χ3n) is 5.92. The van der Waals surface area contributed by atoms with E-state index in [1.807, 2.05) is 24.3 Å². The fraction of sp³-hybridized carbons (Fsp3) is 0.435. The lowest BCUT2D eigenvalue weighted by molar-refractivity contribution is -0.145. The molecule has 0 amide bonds. The molecule has 1 fully saturated rings. The number of aliphatic carboxylic acids is 1. The van der Waals surface area contributed by atoms with Crippen molar-refractivity contribution in [3.05, 3.63) is 54.1 Å². The molecule has 150 valence electrons. The summed E-state index contributed by atoms with van der Waals surface area (Å²) >= 11 is 0. The molecule has 3 nitrogen and oxygen atoms in total. The smallest absolute Gasteiger partial charge is 0.387 e. The zero-order valence-corrected chi connectivity index (χ0v) is 16.0. The van der Waals surface area contributed by atoms with Gasteiger partial charge >= 0.3 is 12.6 Å². The number of halogens is 2. The lowest BCUT2D eigenvalue weighted by atomic mass is 9.66. The number of alkyl halides is 2. The summed E-state index contributed by atoms with van der Waals surface area (Å²) in [6.07, 6.45) is 5.56. The van der Waals surface area contributed by atoms with Gasteiger partial charge in [0.05, 0.1) is 5.41 Å². The molecule has 0 spiro atoms. The van der Waals surface area contributed by atoms with E-state index in [0.29, 0.717) is 18.8 Å². The zero-order valence-electron chi connectivity index (χ0n) is 16.0. The minimum Gasteiger partial charge on any atom is -0.481 e. The number of ether oxygens (including phenoxy) is 1. The molecular formula is C23H26F2O3. The largest absolute Gasteiger partial charge is 0.481 e. The molecule has 0 atom stereocenters. The summed E-state index contributed by atoms with van der Waals surface area (Å²) in [5.74, 6) is -0.00143. The first-order valence-corrected chi connectivity index (χ1v) is 9.84. The first-order valence-electron chi connectivity index (χ1n) is 9.84. The summed E-state index contributed by atoms with van der Waals surface area (Å²) < 4.78 is 28.9. The van der Waals surface area contributed by atoms with Crippen LogP contribution >= 0.6 is 0 Å². The minimum absolute atomic E-state index is 0.115. The normalized spacial score (nSPS) is 22.2. The van der Waals surface area contributed by atoms with Gasteiger partial charge in [-0.15, -0.1) is 0 Å². The van der Waals surface area contributed by atoms with E-state index in [2.05, 4.69) is 11.7 Å². The van der Waals surface area contributed by atoms with Crippen LogP contribution in [0.5, 0.6) is 5.75 Å². The highest BCUT2D eigenvalue weighted by atomic mass is 19.3. The number of carbonyl (C=O) groups is 1. The molecule has 2 aromatic rings. The molecule has 1 aliphatic carbocycles. The Balaban J connectivity index is 1.78. The van der Waals surface area contributed by atoms with Crippen LogP contribution in [0, 0.1) is 5.92 Å². The fourth-order valence-electron chi connectivity index (χ4n) is 4.30. The van der Waals surface area contributed by atoms with E-state index in [-0.39, 0.29) is 5.75 Å². The highest BCUT2D eigenvalue weighted by Crippen LogP contribution is 2.43. The van der Waals surface area contributed by atoms with Gasteiger partial charge in [-0.2, -0.15) is 8.78 Å². The van der Waals surface area contributed by atoms with Gasteiger partial charge < -0.3 is 9.84 Å². The van der Waals surface area contributed by atoms with E-state index in [9.17, 15) is 18.7 Å². The van der Waals surface area contributed by atoms with Gasteiger partial charge in [-0.05, 0) is 60.4 Å². The highest BCUT2D eigenvalue weighted by molar-refractivity contribution is 5.82. The Labute approximate surface area is 164 Å². The van der Waals surface area contributed by atoms with Crippen molar-refractivity contribution in [2.45, 2.75) is 57.5 Å². The molecule has 0 aliphatic heterocycles. The molecule has 0 saturated heterocycles. The maximum atomic E-state index is 12.3. The number of hydrogen-bond acceptors (Lipinski definition) is 2. The SMILES string of the molecule is CCCC1CCC(C(=O)O)(c2ccc(-c3ccc(OC(F)F)cc3)cc2)CC1. The molecule has 0 heterocycles. The Bertz CT molecular complexity index is 776. The zero-order chi connectivity index (χ0) is 20.1. The van der Waals surface area contributed by atoms with Crippen LogP contribution < -0.4 is 4.74 Å². The van der Waals surface area contributed by atoms with Crippen LogP contribution in [0.3, 0.4) is 0 Å².